The molecule has 51 heavy (non-hydrogen) atoms. The quantitative estimate of drug-likeness (QED) is 0.147. The first-order chi connectivity index (χ1) is 24.3. The Bertz CT molecular complexity index is 2330. The van der Waals surface area contributed by atoms with Crippen LogP contribution in [0.15, 0.2) is 105 Å². The molecule has 0 saturated heterocycles. The molecule has 6 rings (SSSR count). The molecule has 0 amide bonds. The van der Waals surface area contributed by atoms with E-state index in [1.165, 1.54) is 36.4 Å². The molecule has 0 radical (unpaired) electrons. The first kappa shape index (κ1) is 38.4. The lowest BCUT2D eigenvalue weighted by Crippen LogP contribution is -2.08. The Morgan fingerprint density at radius 2 is 1.04 bits per heavy atom. The van der Waals surface area contributed by atoms with Gasteiger partial charge >= 0.3 is 0 Å². The largest absolute Gasteiger partial charge is 0.288 e. The van der Waals surface area contributed by atoms with Crippen LogP contribution < -0.4 is 11.1 Å². The van der Waals surface area contributed by atoms with Crippen molar-refractivity contribution >= 4 is 97.1 Å². The lowest BCUT2D eigenvalue weighted by Gasteiger charge is -2.10. The molecule has 0 atom stereocenters. The molecule has 8 nitrogen and oxygen atoms in total. The van der Waals surface area contributed by atoms with Gasteiger partial charge in [0.05, 0.1) is 42.6 Å². The maximum Gasteiger partial charge on any atom is 0.264 e. The van der Waals surface area contributed by atoms with Gasteiger partial charge in [-0.05, 0) is 71.8 Å². The topological polar surface area (TPSA) is 126 Å². The monoisotopic (exact) mass is 862 g/mol. The van der Waals surface area contributed by atoms with Crippen LogP contribution in [0.3, 0.4) is 0 Å². The fourth-order valence-corrected chi connectivity index (χ4v) is 7.19. The molecule has 0 aliphatic rings. The van der Waals surface area contributed by atoms with Crippen LogP contribution in [0.25, 0.3) is 0 Å². The summed E-state index contributed by atoms with van der Waals surface area (Å²) in [4.78, 5) is 47.8. The molecule has 15 heteroatoms. The molecule has 0 bridgehead atoms. The maximum atomic E-state index is 12.9. The van der Waals surface area contributed by atoms with E-state index in [4.69, 9.17) is 69.6 Å². The normalized spacial score (nSPS) is 10.7. The fraction of sp³-hybridized carbons (Fsp3) is 0.0556. The second kappa shape index (κ2) is 17.1. The second-order valence-electron chi connectivity index (χ2n) is 10.8. The van der Waals surface area contributed by atoms with Crippen molar-refractivity contribution in [2.45, 2.75) is 12.8 Å². The molecule has 0 spiro atoms. The molecular weight excluding hydrogens is 845 g/mol. The summed E-state index contributed by atoms with van der Waals surface area (Å²) in [6, 6.07) is 24.3. The average Bonchev–Trinajstić information content (AvgIpc) is 3.07. The number of ketones is 2. The molecule has 258 valence electrons. The maximum absolute atomic E-state index is 12.9. The van der Waals surface area contributed by atoms with Gasteiger partial charge in [-0.15, -0.1) is 0 Å². The van der Waals surface area contributed by atoms with Gasteiger partial charge in [0.1, 0.15) is 0 Å². The standard InChI is InChI=1S/C18H10BrCl3N2O2.C18H11Cl3N2O2/c19-13-3-1-9(5-10(13)6-12-2-4-16(25)24-23-12)18(26)17-14(21)7-11(20)8-15(17)22;19-12-8-14(20)17(15(21)9-12)18(25)11-3-1-2-10(6-11)7-13-4-5-16(24)23-22-13/h1-5,7-8H,6H2,(H,24,25);1-6,8-9H,7H2,(H,23,24). The molecule has 0 saturated carbocycles. The van der Waals surface area contributed by atoms with E-state index in [1.54, 1.807) is 48.5 Å². The number of halogens is 7. The van der Waals surface area contributed by atoms with E-state index in [1.807, 2.05) is 6.07 Å². The Hall–Kier alpha value is -3.80. The van der Waals surface area contributed by atoms with Crippen LogP contribution in [0, 0.1) is 0 Å². The van der Waals surface area contributed by atoms with E-state index >= 15 is 0 Å². The Balaban J connectivity index is 0.000000198. The summed E-state index contributed by atoms with van der Waals surface area (Å²) in [6.45, 7) is 0. The van der Waals surface area contributed by atoms with Crippen LogP contribution >= 0.6 is 85.5 Å². The highest BCUT2D eigenvalue weighted by atomic mass is 79.9. The predicted molar refractivity (Wildman–Crippen MR) is 206 cm³/mol. The number of carbonyl (C=O) groups is 2. The smallest absolute Gasteiger partial charge is 0.264 e. The van der Waals surface area contributed by atoms with Crippen molar-refractivity contribution in [3.8, 4) is 0 Å². The Labute approximate surface area is 328 Å². The van der Waals surface area contributed by atoms with Gasteiger partial charge < -0.3 is 0 Å². The van der Waals surface area contributed by atoms with Crippen molar-refractivity contribution in [3.05, 3.63) is 191 Å². The summed E-state index contributed by atoms with van der Waals surface area (Å²) >= 11 is 39.8. The lowest BCUT2D eigenvalue weighted by atomic mass is 9.99. The number of benzene rings is 4. The average molecular weight is 866 g/mol. The number of nitrogens with zero attached hydrogens (tertiary/aromatic N) is 2. The fourth-order valence-electron chi connectivity index (χ4n) is 4.83. The van der Waals surface area contributed by atoms with Crippen LogP contribution in [0.2, 0.25) is 30.1 Å². The van der Waals surface area contributed by atoms with Crippen LogP contribution in [-0.4, -0.2) is 32.0 Å². The van der Waals surface area contributed by atoms with Crippen molar-refractivity contribution in [2.24, 2.45) is 0 Å². The highest BCUT2D eigenvalue weighted by Gasteiger charge is 2.20. The summed E-state index contributed by atoms with van der Waals surface area (Å²) < 4.78 is 0.815. The van der Waals surface area contributed by atoms with Crippen molar-refractivity contribution in [1.29, 1.82) is 0 Å². The molecule has 2 N–H and O–H groups in total. The number of rotatable bonds is 8. The van der Waals surface area contributed by atoms with Gasteiger partial charge in [0.25, 0.3) is 11.1 Å². The number of H-pyrrole nitrogens is 2. The van der Waals surface area contributed by atoms with Crippen molar-refractivity contribution in [2.75, 3.05) is 0 Å². The van der Waals surface area contributed by atoms with E-state index in [0.717, 1.165) is 15.6 Å². The number of nitrogens with one attached hydrogen (secondary N) is 2. The number of hydrogen-bond donors (Lipinski definition) is 2. The number of hydrogen-bond acceptors (Lipinski definition) is 6. The van der Waals surface area contributed by atoms with E-state index in [0.29, 0.717) is 45.4 Å². The van der Waals surface area contributed by atoms with Gasteiger partial charge in [0, 0.05) is 50.6 Å². The van der Waals surface area contributed by atoms with Crippen molar-refractivity contribution in [1.82, 2.24) is 20.4 Å². The second-order valence-corrected chi connectivity index (χ2v) is 14.2. The van der Waals surface area contributed by atoms with Gasteiger partial charge in [-0.2, -0.15) is 10.2 Å². The molecular formula is C36H21BrCl6N4O4. The van der Waals surface area contributed by atoms with Crippen LogP contribution in [0.1, 0.15) is 54.4 Å². The summed E-state index contributed by atoms with van der Waals surface area (Å²) in [5, 5.41) is 14.2. The minimum atomic E-state index is -0.306. The molecule has 6 aromatic rings. The molecule has 0 aliphatic carbocycles. The summed E-state index contributed by atoms with van der Waals surface area (Å²) in [7, 11) is 0. The summed E-state index contributed by atoms with van der Waals surface area (Å²) in [5.74, 6) is -0.595. The minimum Gasteiger partial charge on any atom is -0.288 e. The highest BCUT2D eigenvalue weighted by molar-refractivity contribution is 9.10. The Morgan fingerprint density at radius 1 is 0.569 bits per heavy atom. The zero-order valence-electron chi connectivity index (χ0n) is 25.7. The van der Waals surface area contributed by atoms with E-state index in [9.17, 15) is 19.2 Å². The molecule has 0 fully saturated rings. The van der Waals surface area contributed by atoms with Crippen LogP contribution in [-0.2, 0) is 12.8 Å². The summed E-state index contributed by atoms with van der Waals surface area (Å²) in [5.41, 5.74) is 3.81. The van der Waals surface area contributed by atoms with E-state index in [2.05, 4.69) is 36.3 Å². The van der Waals surface area contributed by atoms with Gasteiger partial charge in [-0.1, -0.05) is 104 Å². The summed E-state index contributed by atoms with van der Waals surface area (Å²) in [6.07, 6.45) is 0.903. The zero-order valence-corrected chi connectivity index (χ0v) is 31.9. The molecule has 4 aromatic carbocycles. The number of aromatic nitrogens is 4. The zero-order chi connectivity index (χ0) is 36.8. The molecule has 2 heterocycles. The van der Waals surface area contributed by atoms with Gasteiger partial charge in [0.2, 0.25) is 0 Å². The van der Waals surface area contributed by atoms with Crippen LogP contribution in [0.5, 0.6) is 0 Å². The van der Waals surface area contributed by atoms with Gasteiger partial charge in [-0.3, -0.25) is 19.2 Å². The molecule has 2 aromatic heterocycles. The number of carbonyl (C=O) groups excluding carboxylic acids is 2. The third-order valence-electron chi connectivity index (χ3n) is 7.20. The highest BCUT2D eigenvalue weighted by Crippen LogP contribution is 2.33. The van der Waals surface area contributed by atoms with Crippen LogP contribution in [0.4, 0.5) is 0 Å². The van der Waals surface area contributed by atoms with E-state index < -0.39 is 0 Å². The number of aromatic amines is 2. The van der Waals surface area contributed by atoms with Crippen molar-refractivity contribution < 1.29 is 9.59 Å². The Kier molecular flexibility index (Phi) is 12.9. The minimum absolute atomic E-state index is 0.194. The van der Waals surface area contributed by atoms with E-state index in [-0.39, 0.29) is 53.9 Å². The van der Waals surface area contributed by atoms with Gasteiger partial charge in [0.15, 0.2) is 11.6 Å². The Morgan fingerprint density at radius 3 is 1.51 bits per heavy atom. The third kappa shape index (κ3) is 9.96. The molecule has 0 unspecified atom stereocenters. The third-order valence-corrected chi connectivity index (χ3v) is 9.60. The predicted octanol–water partition coefficient (Wildman–Crippen LogP) is 9.87. The molecule has 0 aliphatic heterocycles. The SMILES string of the molecule is O=C(c1ccc(Br)c(Cc2ccc(=O)[nH]n2)c1)c1c(Cl)cc(Cl)cc1Cl.O=C(c1cccc(Cc2ccc(=O)[nH]n2)c1)c1c(Cl)cc(Cl)cc1Cl. The first-order valence-corrected chi connectivity index (χ1v) is 17.7. The lowest BCUT2D eigenvalue weighted by molar-refractivity contribution is 0.103. The first-order valence-electron chi connectivity index (χ1n) is 14.6. The van der Waals surface area contributed by atoms with Crippen molar-refractivity contribution in [3.63, 3.8) is 0 Å². The van der Waals surface area contributed by atoms with Gasteiger partial charge in [-0.25, -0.2) is 10.2 Å².